The molecule has 1 aromatic carbocycles. The van der Waals surface area contributed by atoms with Crippen LogP contribution in [0.5, 0.6) is 5.75 Å². The van der Waals surface area contributed by atoms with Gasteiger partial charge in [-0.15, -0.1) is 0 Å². The van der Waals surface area contributed by atoms with Crippen molar-refractivity contribution in [3.8, 4) is 5.75 Å². The molecule has 2 atom stereocenters. The first-order valence-corrected chi connectivity index (χ1v) is 12.6. The van der Waals surface area contributed by atoms with E-state index < -0.39 is 11.8 Å². The fourth-order valence-electron chi connectivity index (χ4n) is 5.18. The Bertz CT molecular complexity index is 921. The van der Waals surface area contributed by atoms with Gasteiger partial charge in [-0.2, -0.15) is 0 Å². The van der Waals surface area contributed by atoms with Crippen LogP contribution in [0.1, 0.15) is 56.3 Å². The lowest BCUT2D eigenvalue weighted by Crippen LogP contribution is -2.60. The number of rotatable bonds is 7. The summed E-state index contributed by atoms with van der Waals surface area (Å²) in [5.74, 6) is 0.444. The molecule has 1 N–H and O–H groups in total. The van der Waals surface area contributed by atoms with Crippen molar-refractivity contribution in [1.82, 2.24) is 15.1 Å². The molecule has 3 heterocycles. The third-order valence-corrected chi connectivity index (χ3v) is 7.11. The Labute approximate surface area is 207 Å². The van der Waals surface area contributed by atoms with E-state index in [2.05, 4.69) is 5.32 Å². The summed E-state index contributed by atoms with van der Waals surface area (Å²) in [6.07, 6.45) is 3.33. The number of carbonyl (C=O) groups is 3. The van der Waals surface area contributed by atoms with E-state index in [1.165, 1.54) is 0 Å². The third-order valence-electron chi connectivity index (χ3n) is 7.11. The van der Waals surface area contributed by atoms with Crippen molar-refractivity contribution in [1.29, 1.82) is 0 Å². The van der Waals surface area contributed by atoms with Crippen LogP contribution in [0.3, 0.4) is 0 Å². The number of amides is 3. The summed E-state index contributed by atoms with van der Waals surface area (Å²) in [4.78, 5) is 43.2. The fraction of sp³-hybridized carbons (Fsp3) is 0.654. The van der Waals surface area contributed by atoms with Gasteiger partial charge >= 0.3 is 0 Å². The molecule has 1 spiro atoms. The van der Waals surface area contributed by atoms with Gasteiger partial charge in [-0.25, -0.2) is 0 Å². The quantitative estimate of drug-likeness (QED) is 0.633. The maximum atomic E-state index is 13.8. The Hall–Kier alpha value is -2.65. The third kappa shape index (κ3) is 5.62. The van der Waals surface area contributed by atoms with Crippen molar-refractivity contribution in [2.24, 2.45) is 5.92 Å². The summed E-state index contributed by atoms with van der Waals surface area (Å²) in [5.41, 5.74) is -0.495. The highest BCUT2D eigenvalue weighted by atomic mass is 16.5. The molecule has 3 amide bonds. The maximum absolute atomic E-state index is 13.8. The molecule has 3 fully saturated rings. The van der Waals surface area contributed by atoms with Crippen LogP contribution in [0.2, 0.25) is 0 Å². The van der Waals surface area contributed by atoms with Gasteiger partial charge in [0.2, 0.25) is 11.8 Å². The molecule has 0 aliphatic carbocycles. The van der Waals surface area contributed by atoms with E-state index >= 15 is 0 Å². The fourth-order valence-corrected chi connectivity index (χ4v) is 5.18. The number of nitrogens with zero attached hydrogens (tertiary/aromatic N) is 2. The average Bonchev–Trinajstić information content (AvgIpc) is 3.50. The lowest BCUT2D eigenvalue weighted by Gasteiger charge is -2.44. The Morgan fingerprint density at radius 2 is 2.00 bits per heavy atom. The smallest absolute Gasteiger partial charge is 0.257 e. The van der Waals surface area contributed by atoms with Crippen LogP contribution >= 0.6 is 0 Å². The van der Waals surface area contributed by atoms with E-state index in [1.807, 2.05) is 18.7 Å². The Balaban J connectivity index is 1.54. The van der Waals surface area contributed by atoms with Crippen LogP contribution in [0.25, 0.3) is 0 Å². The summed E-state index contributed by atoms with van der Waals surface area (Å²) < 4.78 is 17.2. The minimum Gasteiger partial charge on any atom is -0.497 e. The first-order valence-electron chi connectivity index (χ1n) is 12.6. The maximum Gasteiger partial charge on any atom is 0.257 e. The monoisotopic (exact) mass is 487 g/mol. The Kier molecular flexibility index (Phi) is 7.96. The molecule has 192 valence electrons. The highest BCUT2D eigenvalue weighted by Gasteiger charge is 2.54. The van der Waals surface area contributed by atoms with E-state index in [1.54, 1.807) is 36.3 Å². The molecule has 1 aromatic rings. The van der Waals surface area contributed by atoms with Crippen LogP contribution in [0.4, 0.5) is 0 Å². The van der Waals surface area contributed by atoms with Gasteiger partial charge in [0.1, 0.15) is 17.5 Å². The van der Waals surface area contributed by atoms with Gasteiger partial charge in [0, 0.05) is 51.1 Å². The molecule has 3 aliphatic heterocycles. The second-order valence-electron chi connectivity index (χ2n) is 10.0. The number of ether oxygens (including phenoxy) is 3. The summed E-state index contributed by atoms with van der Waals surface area (Å²) >= 11 is 0. The Morgan fingerprint density at radius 3 is 2.66 bits per heavy atom. The minimum atomic E-state index is -0.930. The largest absolute Gasteiger partial charge is 0.497 e. The van der Waals surface area contributed by atoms with Gasteiger partial charge in [-0.05, 0) is 37.0 Å². The molecule has 2 unspecified atom stereocenters. The Morgan fingerprint density at radius 1 is 1.23 bits per heavy atom. The molecule has 0 bridgehead atoms. The van der Waals surface area contributed by atoms with Crippen molar-refractivity contribution in [2.75, 3.05) is 40.0 Å². The van der Waals surface area contributed by atoms with Crippen molar-refractivity contribution < 1.29 is 28.6 Å². The number of likely N-dealkylation sites (tertiary alicyclic amines) is 1. The normalized spacial score (nSPS) is 23.7. The van der Waals surface area contributed by atoms with Crippen LogP contribution in [0, 0.1) is 5.92 Å². The van der Waals surface area contributed by atoms with Crippen molar-refractivity contribution >= 4 is 17.7 Å². The van der Waals surface area contributed by atoms with E-state index in [-0.39, 0.29) is 36.4 Å². The standard InChI is InChI=1S/C26H37N3O6/c1-18(2)14-23(30)28-11-9-26(10-12-28)29(25(32)19-6-4-7-20(15-19)33-3)22(17-35-26)24(31)27-16-21-8-5-13-34-21/h4,6-7,15,18,21-22H,5,8-14,16-17H2,1-3H3,(H,27,31). The molecular weight excluding hydrogens is 450 g/mol. The van der Waals surface area contributed by atoms with E-state index in [0.29, 0.717) is 56.8 Å². The molecule has 35 heavy (non-hydrogen) atoms. The summed E-state index contributed by atoms with van der Waals surface area (Å²) in [7, 11) is 1.55. The van der Waals surface area contributed by atoms with Crippen LogP contribution in [-0.4, -0.2) is 85.3 Å². The predicted octanol–water partition coefficient (Wildman–Crippen LogP) is 2.20. The van der Waals surface area contributed by atoms with Crippen molar-refractivity contribution in [3.63, 3.8) is 0 Å². The number of piperidine rings is 1. The molecule has 3 saturated heterocycles. The van der Waals surface area contributed by atoms with Gasteiger partial charge in [0.15, 0.2) is 0 Å². The van der Waals surface area contributed by atoms with Gasteiger partial charge in [0.05, 0.1) is 19.8 Å². The van der Waals surface area contributed by atoms with E-state index in [9.17, 15) is 14.4 Å². The first kappa shape index (κ1) is 25.4. The van der Waals surface area contributed by atoms with Gasteiger partial charge in [-0.3, -0.25) is 19.3 Å². The first-order chi connectivity index (χ1) is 16.8. The van der Waals surface area contributed by atoms with E-state index in [4.69, 9.17) is 14.2 Å². The number of hydrogen-bond donors (Lipinski definition) is 1. The SMILES string of the molecule is COc1cccc(C(=O)N2C(C(=O)NCC3CCCO3)COC23CCN(C(=O)CC(C)C)CC3)c1. The van der Waals surface area contributed by atoms with Crippen molar-refractivity contribution in [2.45, 2.75) is 63.8 Å². The molecule has 3 aliphatic rings. The zero-order chi connectivity index (χ0) is 25.0. The number of methoxy groups -OCH3 is 1. The number of carbonyl (C=O) groups excluding carboxylic acids is 3. The molecule has 0 radical (unpaired) electrons. The zero-order valence-corrected chi connectivity index (χ0v) is 21.0. The number of hydrogen-bond acceptors (Lipinski definition) is 6. The van der Waals surface area contributed by atoms with Crippen LogP contribution in [0.15, 0.2) is 24.3 Å². The zero-order valence-electron chi connectivity index (χ0n) is 21.0. The average molecular weight is 488 g/mol. The minimum absolute atomic E-state index is 0.00739. The molecule has 0 saturated carbocycles. The highest BCUT2D eigenvalue weighted by Crippen LogP contribution is 2.39. The topological polar surface area (TPSA) is 97.4 Å². The molecule has 0 aromatic heterocycles. The summed E-state index contributed by atoms with van der Waals surface area (Å²) in [6, 6.07) is 6.18. The lowest BCUT2D eigenvalue weighted by atomic mass is 9.96. The van der Waals surface area contributed by atoms with Crippen LogP contribution in [-0.2, 0) is 19.1 Å². The highest BCUT2D eigenvalue weighted by molar-refractivity contribution is 5.98. The molecule has 9 nitrogen and oxygen atoms in total. The second-order valence-corrected chi connectivity index (χ2v) is 10.0. The molecular formula is C26H37N3O6. The van der Waals surface area contributed by atoms with Gasteiger partial charge < -0.3 is 24.4 Å². The molecule has 9 heteroatoms. The molecule has 4 rings (SSSR count). The van der Waals surface area contributed by atoms with Crippen molar-refractivity contribution in [3.05, 3.63) is 29.8 Å². The summed E-state index contributed by atoms with van der Waals surface area (Å²) in [5, 5.41) is 2.97. The van der Waals surface area contributed by atoms with Crippen LogP contribution < -0.4 is 10.1 Å². The second kappa shape index (κ2) is 11.0. The van der Waals surface area contributed by atoms with Gasteiger partial charge in [0.25, 0.3) is 5.91 Å². The van der Waals surface area contributed by atoms with E-state index in [0.717, 1.165) is 12.8 Å². The lowest BCUT2D eigenvalue weighted by molar-refractivity contribution is -0.144. The number of nitrogens with one attached hydrogen (secondary N) is 1. The summed E-state index contributed by atoms with van der Waals surface area (Å²) in [6.45, 7) is 6.27. The van der Waals surface area contributed by atoms with Gasteiger partial charge in [-0.1, -0.05) is 19.9 Å². The number of benzene rings is 1. The predicted molar refractivity (Wildman–Crippen MR) is 129 cm³/mol.